The average molecular weight is 376 g/mol. The quantitative estimate of drug-likeness (QED) is 0.714. The maximum absolute atomic E-state index is 11.2. The van der Waals surface area contributed by atoms with Gasteiger partial charge in [0.05, 0.1) is 31.1 Å². The monoisotopic (exact) mass is 376 g/mol. The second kappa shape index (κ2) is 8.37. The number of rotatable bonds is 5. The fraction of sp³-hybridized carbons (Fsp3) is 0.273. The number of nitrogens with one attached hydrogen (secondary N) is 2. The van der Waals surface area contributed by atoms with E-state index in [0.717, 1.165) is 35.9 Å². The van der Waals surface area contributed by atoms with Crippen LogP contribution in [0.2, 0.25) is 0 Å². The summed E-state index contributed by atoms with van der Waals surface area (Å²) in [7, 11) is 0. The Bertz CT molecular complexity index is 921. The third-order valence-electron chi connectivity index (χ3n) is 4.90. The van der Waals surface area contributed by atoms with E-state index < -0.39 is 0 Å². The second-order valence-corrected chi connectivity index (χ2v) is 6.99. The molecule has 0 radical (unpaired) electrons. The Kier molecular flexibility index (Phi) is 5.50. The maximum Gasteiger partial charge on any atom is 0.221 e. The molecule has 1 unspecified atom stereocenters. The minimum absolute atomic E-state index is 0.0620. The van der Waals surface area contributed by atoms with Gasteiger partial charge in [-0.1, -0.05) is 42.5 Å². The van der Waals surface area contributed by atoms with Crippen molar-refractivity contribution in [2.45, 2.75) is 19.5 Å². The Hall–Kier alpha value is -2.96. The number of amides is 1. The van der Waals surface area contributed by atoms with Crippen LogP contribution in [-0.4, -0.2) is 40.5 Å². The number of carbonyl (C=O) groups excluding carboxylic acids is 1. The zero-order valence-electron chi connectivity index (χ0n) is 15.9. The van der Waals surface area contributed by atoms with E-state index in [2.05, 4.69) is 44.5 Å². The average Bonchev–Trinajstić information content (AvgIpc) is 3.20. The molecule has 0 aliphatic carbocycles. The van der Waals surface area contributed by atoms with Crippen molar-refractivity contribution in [3.63, 3.8) is 0 Å². The molecule has 1 aromatic heterocycles. The highest BCUT2D eigenvalue weighted by Crippen LogP contribution is 2.26. The van der Waals surface area contributed by atoms with Gasteiger partial charge in [0.1, 0.15) is 5.82 Å². The predicted molar refractivity (Wildman–Crippen MR) is 109 cm³/mol. The SMILES string of the molecule is CC(=O)Nc1ccc(CN2CCOCC2c2ncc(-c3ccccc3)[nH]2)cc1. The lowest BCUT2D eigenvalue weighted by atomic mass is 10.1. The number of ether oxygens (including phenoxy) is 1. The summed E-state index contributed by atoms with van der Waals surface area (Å²) in [6.45, 7) is 4.49. The Morgan fingerprint density at radius 2 is 2.00 bits per heavy atom. The number of aromatic nitrogens is 2. The zero-order chi connectivity index (χ0) is 19.3. The van der Waals surface area contributed by atoms with Crippen LogP contribution in [-0.2, 0) is 16.1 Å². The molecule has 3 aromatic rings. The molecule has 2 aromatic carbocycles. The van der Waals surface area contributed by atoms with Crippen molar-refractivity contribution in [3.8, 4) is 11.3 Å². The van der Waals surface area contributed by atoms with Crippen molar-refractivity contribution < 1.29 is 9.53 Å². The number of hydrogen-bond donors (Lipinski definition) is 2. The van der Waals surface area contributed by atoms with Gasteiger partial charge in [-0.3, -0.25) is 9.69 Å². The molecule has 1 amide bonds. The fourth-order valence-corrected chi connectivity index (χ4v) is 3.48. The summed E-state index contributed by atoms with van der Waals surface area (Å²) >= 11 is 0. The summed E-state index contributed by atoms with van der Waals surface area (Å²) in [4.78, 5) is 21.7. The highest BCUT2D eigenvalue weighted by molar-refractivity contribution is 5.88. The maximum atomic E-state index is 11.2. The van der Waals surface area contributed by atoms with Crippen molar-refractivity contribution in [1.82, 2.24) is 14.9 Å². The molecule has 4 rings (SSSR count). The topological polar surface area (TPSA) is 70.2 Å². The summed E-state index contributed by atoms with van der Waals surface area (Å²) in [6, 6.07) is 18.3. The molecule has 0 spiro atoms. The van der Waals surface area contributed by atoms with E-state index in [0.29, 0.717) is 13.2 Å². The van der Waals surface area contributed by atoms with Crippen LogP contribution in [0.5, 0.6) is 0 Å². The molecule has 0 saturated carbocycles. The van der Waals surface area contributed by atoms with E-state index in [1.54, 1.807) is 0 Å². The zero-order valence-corrected chi connectivity index (χ0v) is 15.9. The number of imidazole rings is 1. The predicted octanol–water partition coefficient (Wildman–Crippen LogP) is 3.61. The number of H-pyrrole nitrogens is 1. The number of anilines is 1. The minimum atomic E-state index is -0.0620. The van der Waals surface area contributed by atoms with Gasteiger partial charge in [-0.15, -0.1) is 0 Å². The summed E-state index contributed by atoms with van der Waals surface area (Å²) in [5, 5.41) is 2.80. The Morgan fingerprint density at radius 1 is 1.21 bits per heavy atom. The normalized spacial score (nSPS) is 17.4. The highest BCUT2D eigenvalue weighted by atomic mass is 16.5. The first kappa shape index (κ1) is 18.4. The highest BCUT2D eigenvalue weighted by Gasteiger charge is 2.27. The van der Waals surface area contributed by atoms with E-state index in [4.69, 9.17) is 4.74 Å². The third kappa shape index (κ3) is 4.30. The Balaban J connectivity index is 1.49. The van der Waals surface area contributed by atoms with E-state index in [9.17, 15) is 4.79 Å². The number of benzene rings is 2. The van der Waals surface area contributed by atoms with Crippen molar-refractivity contribution in [2.24, 2.45) is 0 Å². The first-order valence-corrected chi connectivity index (χ1v) is 9.48. The van der Waals surface area contributed by atoms with Crippen LogP contribution in [0.15, 0.2) is 60.8 Å². The van der Waals surface area contributed by atoms with Crippen LogP contribution >= 0.6 is 0 Å². The number of hydrogen-bond acceptors (Lipinski definition) is 4. The van der Waals surface area contributed by atoms with Gasteiger partial charge in [-0.2, -0.15) is 0 Å². The van der Waals surface area contributed by atoms with Crippen molar-refractivity contribution in [3.05, 3.63) is 72.2 Å². The van der Waals surface area contributed by atoms with E-state index in [-0.39, 0.29) is 11.9 Å². The molecular weight excluding hydrogens is 352 g/mol. The summed E-state index contributed by atoms with van der Waals surface area (Å²) in [5.74, 6) is 0.862. The first-order chi connectivity index (χ1) is 13.7. The molecule has 2 heterocycles. The number of morpholine rings is 1. The summed E-state index contributed by atoms with van der Waals surface area (Å²) < 4.78 is 5.73. The van der Waals surface area contributed by atoms with Crippen LogP contribution in [0.4, 0.5) is 5.69 Å². The van der Waals surface area contributed by atoms with E-state index in [1.165, 1.54) is 12.5 Å². The second-order valence-electron chi connectivity index (χ2n) is 6.99. The van der Waals surface area contributed by atoms with Crippen molar-refractivity contribution in [2.75, 3.05) is 25.1 Å². The first-order valence-electron chi connectivity index (χ1n) is 9.48. The van der Waals surface area contributed by atoms with Crippen molar-refractivity contribution in [1.29, 1.82) is 0 Å². The molecule has 1 aliphatic rings. The number of aromatic amines is 1. The molecule has 1 aliphatic heterocycles. The van der Waals surface area contributed by atoms with Crippen LogP contribution in [0.3, 0.4) is 0 Å². The molecule has 2 N–H and O–H groups in total. The molecule has 1 saturated heterocycles. The Labute approximate surface area is 164 Å². The molecular formula is C22H24N4O2. The minimum Gasteiger partial charge on any atom is -0.378 e. The number of carbonyl (C=O) groups is 1. The Morgan fingerprint density at radius 3 is 2.75 bits per heavy atom. The number of nitrogens with zero attached hydrogens (tertiary/aromatic N) is 2. The lowest BCUT2D eigenvalue weighted by Gasteiger charge is -2.34. The lowest BCUT2D eigenvalue weighted by Crippen LogP contribution is -2.39. The third-order valence-corrected chi connectivity index (χ3v) is 4.90. The van der Waals surface area contributed by atoms with Gasteiger partial charge in [0, 0.05) is 25.7 Å². The molecule has 1 atom stereocenters. The largest absolute Gasteiger partial charge is 0.378 e. The molecule has 0 bridgehead atoms. The van der Waals surface area contributed by atoms with Gasteiger partial charge in [-0.05, 0) is 23.3 Å². The van der Waals surface area contributed by atoms with Crippen LogP contribution in [0.1, 0.15) is 24.4 Å². The molecule has 6 nitrogen and oxygen atoms in total. The molecule has 6 heteroatoms. The van der Waals surface area contributed by atoms with Gasteiger partial charge in [0.25, 0.3) is 0 Å². The fourth-order valence-electron chi connectivity index (χ4n) is 3.48. The lowest BCUT2D eigenvalue weighted by molar-refractivity contribution is -0.114. The summed E-state index contributed by atoms with van der Waals surface area (Å²) in [5.41, 5.74) is 4.14. The molecule has 144 valence electrons. The van der Waals surface area contributed by atoms with Gasteiger partial charge in [0.15, 0.2) is 0 Å². The van der Waals surface area contributed by atoms with Gasteiger partial charge >= 0.3 is 0 Å². The van der Waals surface area contributed by atoms with Crippen molar-refractivity contribution >= 4 is 11.6 Å². The van der Waals surface area contributed by atoms with Crippen LogP contribution < -0.4 is 5.32 Å². The van der Waals surface area contributed by atoms with Crippen LogP contribution in [0, 0.1) is 0 Å². The van der Waals surface area contributed by atoms with Gasteiger partial charge in [0.2, 0.25) is 5.91 Å². The standard InChI is InChI=1S/C22H24N4O2/c1-16(27)24-19-9-7-17(8-10-19)14-26-11-12-28-15-21(26)22-23-13-20(25-22)18-5-3-2-4-6-18/h2-10,13,21H,11-12,14-15H2,1H3,(H,23,25)(H,24,27). The van der Waals surface area contributed by atoms with E-state index in [1.807, 2.05) is 36.5 Å². The smallest absolute Gasteiger partial charge is 0.221 e. The molecule has 1 fully saturated rings. The summed E-state index contributed by atoms with van der Waals surface area (Å²) in [6.07, 6.45) is 1.89. The van der Waals surface area contributed by atoms with Crippen LogP contribution in [0.25, 0.3) is 11.3 Å². The van der Waals surface area contributed by atoms with E-state index >= 15 is 0 Å². The van der Waals surface area contributed by atoms with Gasteiger partial charge in [-0.25, -0.2) is 4.98 Å². The van der Waals surface area contributed by atoms with Gasteiger partial charge < -0.3 is 15.0 Å². The molecule has 28 heavy (non-hydrogen) atoms.